The summed E-state index contributed by atoms with van der Waals surface area (Å²) in [5.41, 5.74) is 1.94. The van der Waals surface area contributed by atoms with Crippen LogP contribution in [0.3, 0.4) is 0 Å². The van der Waals surface area contributed by atoms with Gasteiger partial charge in [0.05, 0.1) is 12.6 Å². The number of nitrogens with one attached hydrogen (secondary N) is 1. The van der Waals surface area contributed by atoms with Crippen LogP contribution in [0.4, 0.5) is 5.82 Å². The first-order chi connectivity index (χ1) is 10.0. The number of hydrogen-bond acceptors (Lipinski definition) is 4. The maximum atomic E-state index is 11.9. The van der Waals surface area contributed by atoms with Gasteiger partial charge in [0, 0.05) is 5.39 Å². The van der Waals surface area contributed by atoms with E-state index in [1.165, 1.54) is 7.11 Å². The minimum atomic E-state index is -0.373. The van der Waals surface area contributed by atoms with Crippen molar-refractivity contribution in [2.45, 2.75) is 33.2 Å². The lowest BCUT2D eigenvalue weighted by Crippen LogP contribution is -2.32. The van der Waals surface area contributed by atoms with Crippen LogP contribution in [0.1, 0.15) is 25.8 Å². The SMILES string of the molecule is COC(=O)C(CC(C)C)Nc1nc2ccccc2cc1C. The number of anilines is 1. The zero-order chi connectivity index (χ0) is 15.4. The van der Waals surface area contributed by atoms with Gasteiger partial charge in [-0.05, 0) is 37.0 Å². The Morgan fingerprint density at radius 1 is 1.33 bits per heavy atom. The van der Waals surface area contributed by atoms with Gasteiger partial charge in [-0.3, -0.25) is 0 Å². The van der Waals surface area contributed by atoms with Crippen LogP contribution >= 0.6 is 0 Å². The van der Waals surface area contributed by atoms with E-state index in [0.29, 0.717) is 12.3 Å². The third kappa shape index (κ3) is 3.72. The van der Waals surface area contributed by atoms with Gasteiger partial charge in [-0.15, -0.1) is 0 Å². The summed E-state index contributed by atoms with van der Waals surface area (Å²) >= 11 is 0. The van der Waals surface area contributed by atoms with Crippen LogP contribution in [0.2, 0.25) is 0 Å². The fourth-order valence-corrected chi connectivity index (χ4v) is 2.36. The van der Waals surface area contributed by atoms with E-state index in [2.05, 4.69) is 30.2 Å². The van der Waals surface area contributed by atoms with E-state index in [-0.39, 0.29) is 12.0 Å². The largest absolute Gasteiger partial charge is 0.467 e. The summed E-state index contributed by atoms with van der Waals surface area (Å²) in [5.74, 6) is 0.880. The number of hydrogen-bond donors (Lipinski definition) is 1. The predicted octanol–water partition coefficient (Wildman–Crippen LogP) is 3.54. The van der Waals surface area contributed by atoms with E-state index < -0.39 is 0 Å². The first kappa shape index (κ1) is 15.3. The fourth-order valence-electron chi connectivity index (χ4n) is 2.36. The van der Waals surface area contributed by atoms with Gasteiger partial charge in [0.2, 0.25) is 0 Å². The number of rotatable bonds is 5. The Balaban J connectivity index is 2.31. The van der Waals surface area contributed by atoms with Crippen molar-refractivity contribution in [3.05, 3.63) is 35.9 Å². The number of pyridine rings is 1. The number of benzene rings is 1. The molecule has 1 atom stereocenters. The van der Waals surface area contributed by atoms with E-state index in [1.807, 2.05) is 31.2 Å². The molecule has 2 rings (SSSR count). The average Bonchev–Trinajstić information content (AvgIpc) is 2.46. The quantitative estimate of drug-likeness (QED) is 0.854. The molecule has 112 valence electrons. The Morgan fingerprint density at radius 2 is 2.05 bits per heavy atom. The molecule has 1 aromatic heterocycles. The van der Waals surface area contributed by atoms with Gasteiger partial charge in [0.1, 0.15) is 11.9 Å². The summed E-state index contributed by atoms with van der Waals surface area (Å²) in [6, 6.07) is 9.66. The van der Waals surface area contributed by atoms with Crippen LogP contribution < -0.4 is 5.32 Å². The Kier molecular flexibility index (Phi) is 4.78. The van der Waals surface area contributed by atoms with E-state index in [1.54, 1.807) is 0 Å². The zero-order valence-corrected chi connectivity index (χ0v) is 13.0. The van der Waals surface area contributed by atoms with E-state index in [4.69, 9.17) is 4.74 Å². The Hall–Kier alpha value is -2.10. The highest BCUT2D eigenvalue weighted by atomic mass is 16.5. The lowest BCUT2D eigenvalue weighted by Gasteiger charge is -2.20. The summed E-state index contributed by atoms with van der Waals surface area (Å²) in [4.78, 5) is 16.5. The van der Waals surface area contributed by atoms with Crippen LogP contribution in [0, 0.1) is 12.8 Å². The molecule has 0 aliphatic rings. The third-order valence-corrected chi connectivity index (χ3v) is 3.42. The van der Waals surface area contributed by atoms with Crippen LogP contribution in [0.5, 0.6) is 0 Å². The highest BCUT2D eigenvalue weighted by Crippen LogP contribution is 2.21. The number of aryl methyl sites for hydroxylation is 1. The standard InChI is InChI=1S/C17H22N2O2/c1-11(2)9-15(17(20)21-4)19-16-12(3)10-13-7-5-6-8-14(13)18-16/h5-8,10-11,15H,9H2,1-4H3,(H,18,19). The lowest BCUT2D eigenvalue weighted by atomic mass is 10.0. The second kappa shape index (κ2) is 6.57. The molecule has 1 N–H and O–H groups in total. The van der Waals surface area contributed by atoms with Gasteiger partial charge in [-0.2, -0.15) is 0 Å². The average molecular weight is 286 g/mol. The van der Waals surface area contributed by atoms with Crippen molar-refractivity contribution in [3.63, 3.8) is 0 Å². The van der Waals surface area contributed by atoms with Crippen molar-refractivity contribution in [1.82, 2.24) is 4.98 Å². The number of carbonyl (C=O) groups is 1. The maximum Gasteiger partial charge on any atom is 0.328 e. The first-order valence-electron chi connectivity index (χ1n) is 7.22. The number of para-hydroxylation sites is 1. The Labute approximate surface area is 125 Å². The summed E-state index contributed by atoms with van der Waals surface area (Å²) in [7, 11) is 1.41. The van der Waals surface area contributed by atoms with Crippen molar-refractivity contribution in [2.75, 3.05) is 12.4 Å². The Morgan fingerprint density at radius 3 is 2.71 bits per heavy atom. The smallest absolute Gasteiger partial charge is 0.328 e. The van der Waals surface area contributed by atoms with Gasteiger partial charge in [0.15, 0.2) is 0 Å². The molecular weight excluding hydrogens is 264 g/mol. The normalized spacial score (nSPS) is 12.4. The molecule has 0 spiro atoms. The summed E-state index contributed by atoms with van der Waals surface area (Å²) < 4.78 is 4.88. The summed E-state index contributed by atoms with van der Waals surface area (Å²) in [5, 5.41) is 4.33. The molecule has 0 fully saturated rings. The second-order valence-corrected chi connectivity index (χ2v) is 5.70. The minimum Gasteiger partial charge on any atom is -0.467 e. The third-order valence-electron chi connectivity index (χ3n) is 3.42. The maximum absolute atomic E-state index is 11.9. The van der Waals surface area contributed by atoms with Crippen LogP contribution in [-0.4, -0.2) is 24.1 Å². The zero-order valence-electron chi connectivity index (χ0n) is 13.0. The lowest BCUT2D eigenvalue weighted by molar-refractivity contribution is -0.141. The minimum absolute atomic E-state index is 0.252. The van der Waals surface area contributed by atoms with Crippen molar-refractivity contribution in [1.29, 1.82) is 0 Å². The molecule has 0 aliphatic carbocycles. The van der Waals surface area contributed by atoms with Crippen molar-refractivity contribution >= 4 is 22.7 Å². The van der Waals surface area contributed by atoms with Crippen LogP contribution in [0.15, 0.2) is 30.3 Å². The van der Waals surface area contributed by atoms with Crippen molar-refractivity contribution in [2.24, 2.45) is 5.92 Å². The number of ether oxygens (including phenoxy) is 1. The van der Waals surface area contributed by atoms with Gasteiger partial charge < -0.3 is 10.1 Å². The molecule has 1 heterocycles. The molecule has 0 aliphatic heterocycles. The summed E-state index contributed by atoms with van der Waals surface area (Å²) in [6.45, 7) is 6.15. The molecule has 1 unspecified atom stereocenters. The summed E-state index contributed by atoms with van der Waals surface area (Å²) in [6.07, 6.45) is 0.709. The molecular formula is C17H22N2O2. The Bertz CT molecular complexity index is 638. The molecule has 0 amide bonds. The monoisotopic (exact) mass is 286 g/mol. The number of fused-ring (bicyclic) bond motifs is 1. The molecule has 0 bridgehead atoms. The van der Waals surface area contributed by atoms with Crippen LogP contribution in [-0.2, 0) is 9.53 Å². The number of aromatic nitrogens is 1. The molecule has 0 saturated carbocycles. The predicted molar refractivity (Wildman–Crippen MR) is 85.4 cm³/mol. The number of esters is 1. The molecule has 21 heavy (non-hydrogen) atoms. The highest BCUT2D eigenvalue weighted by molar-refractivity contribution is 5.83. The molecule has 2 aromatic rings. The molecule has 1 aromatic carbocycles. The second-order valence-electron chi connectivity index (χ2n) is 5.70. The first-order valence-corrected chi connectivity index (χ1v) is 7.22. The van der Waals surface area contributed by atoms with Gasteiger partial charge >= 0.3 is 5.97 Å². The van der Waals surface area contributed by atoms with E-state index in [9.17, 15) is 4.79 Å². The fraction of sp³-hybridized carbons (Fsp3) is 0.412. The molecule has 4 heteroatoms. The molecule has 0 radical (unpaired) electrons. The molecule has 0 saturated heterocycles. The topological polar surface area (TPSA) is 51.2 Å². The number of nitrogens with zero attached hydrogens (tertiary/aromatic N) is 1. The van der Waals surface area contributed by atoms with Crippen LogP contribution in [0.25, 0.3) is 10.9 Å². The number of carbonyl (C=O) groups excluding carboxylic acids is 1. The van der Waals surface area contributed by atoms with Gasteiger partial charge in [-0.1, -0.05) is 32.0 Å². The number of methoxy groups -OCH3 is 1. The highest BCUT2D eigenvalue weighted by Gasteiger charge is 2.21. The van der Waals surface area contributed by atoms with E-state index in [0.717, 1.165) is 22.3 Å². The van der Waals surface area contributed by atoms with Crippen molar-refractivity contribution in [3.8, 4) is 0 Å². The molecule has 4 nitrogen and oxygen atoms in total. The van der Waals surface area contributed by atoms with Gasteiger partial charge in [-0.25, -0.2) is 9.78 Å². The van der Waals surface area contributed by atoms with Gasteiger partial charge in [0.25, 0.3) is 0 Å². The van der Waals surface area contributed by atoms with E-state index >= 15 is 0 Å². The van der Waals surface area contributed by atoms with Crippen molar-refractivity contribution < 1.29 is 9.53 Å².